The third-order valence-corrected chi connectivity index (χ3v) is 2.12. The quantitative estimate of drug-likeness (QED) is 0.600. The Bertz CT molecular complexity index is 333. The first-order valence-corrected chi connectivity index (χ1v) is 4.77. The molecule has 0 radical (unpaired) electrons. The summed E-state index contributed by atoms with van der Waals surface area (Å²) in [5, 5.41) is 3.85. The second kappa shape index (κ2) is 4.79. The Labute approximate surface area is 90.8 Å². The summed E-state index contributed by atoms with van der Waals surface area (Å²) in [5.74, 6) is 5.13. The summed E-state index contributed by atoms with van der Waals surface area (Å²) in [7, 11) is 0. The number of nitrogens with two attached hydrogens (primary N) is 1. The smallest absolute Gasteiger partial charge is 0.271 e. The zero-order valence-electron chi connectivity index (χ0n) is 8.99. The molecular weight excluding hydrogens is 223 g/mol. The molecule has 0 bridgehead atoms. The Kier molecular flexibility index (Phi) is 3.87. The highest BCUT2D eigenvalue weighted by Gasteiger charge is 2.39. The molecule has 0 aromatic carbocycles. The van der Waals surface area contributed by atoms with Gasteiger partial charge in [0.05, 0.1) is 0 Å². The van der Waals surface area contributed by atoms with Crippen LogP contribution in [0.4, 0.5) is 13.2 Å². The Morgan fingerprint density at radius 3 is 2.56 bits per heavy atom. The maximum Gasteiger partial charge on any atom is 0.405 e. The van der Waals surface area contributed by atoms with Crippen molar-refractivity contribution in [3.05, 3.63) is 12.2 Å². The average molecular weight is 237 g/mol. The van der Waals surface area contributed by atoms with E-state index in [1.165, 1.54) is 11.0 Å². The number of aromatic nitrogens is 3. The first kappa shape index (κ1) is 12.9. The van der Waals surface area contributed by atoms with Crippen molar-refractivity contribution in [3.63, 3.8) is 0 Å². The van der Waals surface area contributed by atoms with Gasteiger partial charge in [-0.2, -0.15) is 18.3 Å². The zero-order chi connectivity index (χ0) is 12.3. The summed E-state index contributed by atoms with van der Waals surface area (Å²) in [6, 6.07) is -1.85. The lowest BCUT2D eigenvalue weighted by Gasteiger charge is -2.19. The molecule has 16 heavy (non-hydrogen) atoms. The number of nitrogens with one attached hydrogen (secondary N) is 1. The van der Waals surface area contributed by atoms with Crippen molar-refractivity contribution >= 4 is 0 Å². The minimum Gasteiger partial charge on any atom is -0.271 e. The summed E-state index contributed by atoms with van der Waals surface area (Å²) >= 11 is 0. The van der Waals surface area contributed by atoms with Crippen LogP contribution in [0.25, 0.3) is 0 Å². The number of rotatable bonds is 4. The Hall–Kier alpha value is -1.15. The average Bonchev–Trinajstić information content (AvgIpc) is 2.59. The minimum absolute atomic E-state index is 0.0378. The summed E-state index contributed by atoms with van der Waals surface area (Å²) in [4.78, 5) is 3.80. The fourth-order valence-corrected chi connectivity index (χ4v) is 1.30. The molecule has 0 amide bonds. The van der Waals surface area contributed by atoms with Gasteiger partial charge in [-0.3, -0.25) is 5.84 Å². The Morgan fingerprint density at radius 1 is 1.50 bits per heavy atom. The van der Waals surface area contributed by atoms with Crippen LogP contribution in [-0.2, 0) is 6.42 Å². The van der Waals surface area contributed by atoms with Gasteiger partial charge in [0.1, 0.15) is 18.2 Å². The second-order valence-corrected chi connectivity index (χ2v) is 3.68. The molecule has 1 aromatic heterocycles. The van der Waals surface area contributed by atoms with Crippen LogP contribution >= 0.6 is 0 Å². The lowest BCUT2D eigenvalue weighted by atomic mass is 10.2. The molecule has 8 heteroatoms. The molecule has 1 heterocycles. The van der Waals surface area contributed by atoms with E-state index in [4.69, 9.17) is 5.84 Å². The summed E-state index contributed by atoms with van der Waals surface area (Å²) in [5.41, 5.74) is 1.74. The van der Waals surface area contributed by atoms with Gasteiger partial charge in [-0.1, -0.05) is 0 Å². The largest absolute Gasteiger partial charge is 0.405 e. The maximum absolute atomic E-state index is 12.4. The highest BCUT2D eigenvalue weighted by atomic mass is 19.4. The lowest BCUT2D eigenvalue weighted by molar-refractivity contribution is -0.156. The number of hydrogen-bond donors (Lipinski definition) is 2. The van der Waals surface area contributed by atoms with E-state index >= 15 is 0 Å². The van der Waals surface area contributed by atoms with Crippen LogP contribution < -0.4 is 11.3 Å². The van der Waals surface area contributed by atoms with Crippen molar-refractivity contribution in [2.75, 3.05) is 0 Å². The van der Waals surface area contributed by atoms with Gasteiger partial charge < -0.3 is 0 Å². The van der Waals surface area contributed by atoms with Crippen LogP contribution in [0.2, 0.25) is 0 Å². The molecule has 1 aromatic rings. The van der Waals surface area contributed by atoms with Crippen LogP contribution in [0.1, 0.15) is 25.7 Å². The predicted octanol–water partition coefficient (Wildman–Crippen LogP) is 0.796. The molecule has 0 aliphatic heterocycles. The van der Waals surface area contributed by atoms with Gasteiger partial charge in [0.25, 0.3) is 0 Å². The van der Waals surface area contributed by atoms with Crippen molar-refractivity contribution in [3.8, 4) is 0 Å². The van der Waals surface area contributed by atoms with E-state index in [1.54, 1.807) is 5.43 Å². The van der Waals surface area contributed by atoms with Crippen molar-refractivity contribution in [1.82, 2.24) is 20.2 Å². The lowest BCUT2D eigenvalue weighted by Crippen LogP contribution is -2.48. The summed E-state index contributed by atoms with van der Waals surface area (Å²) in [6.07, 6.45) is -3.50. The van der Waals surface area contributed by atoms with E-state index in [-0.39, 0.29) is 18.3 Å². The van der Waals surface area contributed by atoms with Gasteiger partial charge >= 0.3 is 6.18 Å². The van der Waals surface area contributed by atoms with Crippen LogP contribution in [-0.4, -0.2) is 27.0 Å². The van der Waals surface area contributed by atoms with Gasteiger partial charge in [0.2, 0.25) is 0 Å². The van der Waals surface area contributed by atoms with E-state index in [1.807, 2.05) is 13.8 Å². The number of hydrogen-bond acceptors (Lipinski definition) is 4. The SMILES string of the molecule is CC(C)n1ncnc1CC(NN)C(F)(F)F. The number of hydrazine groups is 1. The fourth-order valence-electron chi connectivity index (χ4n) is 1.30. The van der Waals surface area contributed by atoms with Gasteiger partial charge in [-0.05, 0) is 13.8 Å². The standard InChI is InChI=1S/C8H14F3N5/c1-5(2)16-7(13-4-14-16)3-6(15-12)8(9,10)11/h4-6,15H,3,12H2,1-2H3. The maximum atomic E-state index is 12.4. The van der Waals surface area contributed by atoms with Crippen LogP contribution in [0, 0.1) is 0 Å². The summed E-state index contributed by atoms with van der Waals surface area (Å²) in [6.45, 7) is 3.63. The molecular formula is C8H14F3N5. The van der Waals surface area contributed by atoms with Crippen LogP contribution in [0.15, 0.2) is 6.33 Å². The molecule has 0 saturated heterocycles. The monoisotopic (exact) mass is 237 g/mol. The molecule has 3 N–H and O–H groups in total. The molecule has 0 fully saturated rings. The fraction of sp³-hybridized carbons (Fsp3) is 0.750. The van der Waals surface area contributed by atoms with Crippen LogP contribution in [0.5, 0.6) is 0 Å². The number of nitrogens with zero attached hydrogens (tertiary/aromatic N) is 3. The van der Waals surface area contributed by atoms with Gasteiger partial charge in [-0.25, -0.2) is 15.1 Å². The molecule has 92 valence electrons. The van der Waals surface area contributed by atoms with E-state index in [0.717, 1.165) is 0 Å². The Morgan fingerprint density at radius 2 is 2.12 bits per heavy atom. The highest BCUT2D eigenvalue weighted by molar-refractivity contribution is 4.93. The number of halogens is 3. The van der Waals surface area contributed by atoms with Crippen molar-refractivity contribution in [1.29, 1.82) is 0 Å². The van der Waals surface area contributed by atoms with E-state index in [0.29, 0.717) is 0 Å². The predicted molar refractivity (Wildman–Crippen MR) is 51.3 cm³/mol. The molecule has 0 aliphatic carbocycles. The summed E-state index contributed by atoms with van der Waals surface area (Å²) < 4.78 is 38.8. The first-order chi connectivity index (χ1) is 7.36. The highest BCUT2D eigenvalue weighted by Crippen LogP contribution is 2.22. The van der Waals surface area contributed by atoms with Gasteiger partial charge in [-0.15, -0.1) is 0 Å². The van der Waals surface area contributed by atoms with Crippen molar-refractivity contribution < 1.29 is 13.2 Å². The van der Waals surface area contributed by atoms with Gasteiger partial charge in [0, 0.05) is 12.5 Å². The normalized spacial score (nSPS) is 14.4. The topological polar surface area (TPSA) is 68.8 Å². The molecule has 0 aliphatic rings. The molecule has 1 rings (SSSR count). The van der Waals surface area contributed by atoms with Gasteiger partial charge in [0.15, 0.2) is 0 Å². The second-order valence-electron chi connectivity index (χ2n) is 3.68. The Balaban J connectivity index is 2.82. The van der Waals surface area contributed by atoms with E-state index in [2.05, 4.69) is 10.1 Å². The molecule has 5 nitrogen and oxygen atoms in total. The molecule has 0 saturated carbocycles. The minimum atomic E-state index is -4.40. The van der Waals surface area contributed by atoms with E-state index < -0.39 is 12.2 Å². The third-order valence-electron chi connectivity index (χ3n) is 2.12. The molecule has 1 unspecified atom stereocenters. The number of alkyl halides is 3. The zero-order valence-corrected chi connectivity index (χ0v) is 8.99. The first-order valence-electron chi connectivity index (χ1n) is 4.77. The van der Waals surface area contributed by atoms with Crippen molar-refractivity contribution in [2.24, 2.45) is 5.84 Å². The van der Waals surface area contributed by atoms with Crippen molar-refractivity contribution in [2.45, 2.75) is 38.5 Å². The van der Waals surface area contributed by atoms with E-state index in [9.17, 15) is 13.2 Å². The third kappa shape index (κ3) is 2.92. The van der Waals surface area contributed by atoms with Crippen LogP contribution in [0.3, 0.4) is 0 Å². The molecule has 0 spiro atoms. The molecule has 1 atom stereocenters.